The van der Waals surface area contributed by atoms with E-state index in [9.17, 15) is 9.90 Å². The van der Waals surface area contributed by atoms with Gasteiger partial charge in [-0.2, -0.15) is 5.10 Å². The van der Waals surface area contributed by atoms with Crippen molar-refractivity contribution in [3.05, 3.63) is 47.5 Å². The van der Waals surface area contributed by atoms with Crippen molar-refractivity contribution in [2.75, 3.05) is 19.7 Å². The van der Waals surface area contributed by atoms with E-state index in [2.05, 4.69) is 20.3 Å². The molecule has 0 unspecified atom stereocenters. The first-order valence-electron chi connectivity index (χ1n) is 8.10. The number of nitrogens with zero attached hydrogens (tertiary/aromatic N) is 4. The maximum atomic E-state index is 12.3. The van der Waals surface area contributed by atoms with E-state index < -0.39 is 0 Å². The van der Waals surface area contributed by atoms with E-state index in [1.807, 2.05) is 24.9 Å². The molecule has 0 aromatic carbocycles. The maximum absolute atomic E-state index is 12.3. The minimum atomic E-state index is -0.147. The molecule has 7 heteroatoms. The molecule has 0 spiro atoms. The number of rotatable bonds is 5. The summed E-state index contributed by atoms with van der Waals surface area (Å²) in [6.07, 6.45) is 5.07. The number of amides is 1. The van der Waals surface area contributed by atoms with Crippen molar-refractivity contribution in [1.82, 2.24) is 25.0 Å². The standard InChI is InChI=1S/C17H23N5O2/c1-12-14(7-19-21(12)2)8-22-9-15(11-23)16(10-22)20-17(24)13-4-3-5-18-6-13/h3-7,15-16,23H,8-11H2,1-2H3,(H,20,24)/t15-,16+/m0/s1. The van der Waals surface area contributed by atoms with Crippen LogP contribution in [-0.4, -0.2) is 56.4 Å². The highest BCUT2D eigenvalue weighted by atomic mass is 16.3. The van der Waals surface area contributed by atoms with Crippen molar-refractivity contribution < 1.29 is 9.90 Å². The van der Waals surface area contributed by atoms with E-state index in [0.717, 1.165) is 18.8 Å². The number of hydrogen-bond acceptors (Lipinski definition) is 5. The lowest BCUT2D eigenvalue weighted by Crippen LogP contribution is -2.41. The summed E-state index contributed by atoms with van der Waals surface area (Å²) in [5, 5.41) is 17.0. The van der Waals surface area contributed by atoms with Gasteiger partial charge in [0, 0.05) is 68.9 Å². The van der Waals surface area contributed by atoms with Gasteiger partial charge < -0.3 is 10.4 Å². The highest BCUT2D eigenvalue weighted by Gasteiger charge is 2.33. The summed E-state index contributed by atoms with van der Waals surface area (Å²) in [5.74, 6) is -0.117. The number of aromatic nitrogens is 3. The minimum Gasteiger partial charge on any atom is -0.396 e. The Morgan fingerprint density at radius 3 is 2.88 bits per heavy atom. The number of nitrogens with one attached hydrogen (secondary N) is 1. The molecule has 2 aromatic rings. The number of likely N-dealkylation sites (tertiary alicyclic amines) is 1. The Morgan fingerprint density at radius 2 is 2.25 bits per heavy atom. The summed E-state index contributed by atoms with van der Waals surface area (Å²) in [5.41, 5.74) is 2.85. The molecule has 0 aliphatic carbocycles. The van der Waals surface area contributed by atoms with Gasteiger partial charge in [0.15, 0.2) is 0 Å². The van der Waals surface area contributed by atoms with Gasteiger partial charge in [-0.1, -0.05) is 0 Å². The first-order chi connectivity index (χ1) is 11.6. The molecular formula is C17H23N5O2. The summed E-state index contributed by atoms with van der Waals surface area (Å²) in [6.45, 7) is 4.34. The lowest BCUT2D eigenvalue weighted by atomic mass is 10.0. The zero-order valence-electron chi connectivity index (χ0n) is 14.0. The van der Waals surface area contributed by atoms with Gasteiger partial charge in [0.25, 0.3) is 5.91 Å². The van der Waals surface area contributed by atoms with Crippen LogP contribution in [0.25, 0.3) is 0 Å². The highest BCUT2D eigenvalue weighted by Crippen LogP contribution is 2.20. The van der Waals surface area contributed by atoms with Crippen molar-refractivity contribution in [1.29, 1.82) is 0 Å². The first-order valence-corrected chi connectivity index (χ1v) is 8.10. The van der Waals surface area contributed by atoms with Gasteiger partial charge in [0.1, 0.15) is 0 Å². The molecule has 0 radical (unpaired) electrons. The Morgan fingerprint density at radius 1 is 1.42 bits per heavy atom. The second kappa shape index (κ2) is 7.11. The van der Waals surface area contributed by atoms with Crippen LogP contribution < -0.4 is 5.32 Å². The predicted octanol–water partition coefficient (Wildman–Crippen LogP) is 0.346. The number of aryl methyl sites for hydroxylation is 1. The Bertz CT molecular complexity index is 700. The molecule has 0 saturated carbocycles. The van der Waals surface area contributed by atoms with Crippen LogP contribution in [0.15, 0.2) is 30.7 Å². The fourth-order valence-electron chi connectivity index (χ4n) is 3.13. The van der Waals surface area contributed by atoms with Gasteiger partial charge in [-0.3, -0.25) is 19.4 Å². The van der Waals surface area contributed by atoms with Crippen LogP contribution in [0.2, 0.25) is 0 Å². The molecule has 2 aromatic heterocycles. The summed E-state index contributed by atoms with van der Waals surface area (Å²) in [4.78, 5) is 18.5. The normalized spacial score (nSPS) is 21.1. The van der Waals surface area contributed by atoms with Gasteiger partial charge in [-0.05, 0) is 19.1 Å². The maximum Gasteiger partial charge on any atom is 0.253 e. The molecule has 1 saturated heterocycles. The summed E-state index contributed by atoms with van der Waals surface area (Å²) in [6, 6.07) is 3.41. The topological polar surface area (TPSA) is 83.3 Å². The SMILES string of the molecule is Cc1c(CN2C[C@@H](CO)[C@H](NC(=O)c3cccnc3)C2)cnn1C. The molecule has 2 atom stereocenters. The molecular weight excluding hydrogens is 306 g/mol. The Kier molecular flexibility index (Phi) is 4.92. The molecule has 3 heterocycles. The number of pyridine rings is 1. The predicted molar refractivity (Wildman–Crippen MR) is 89.3 cm³/mol. The fourth-order valence-corrected chi connectivity index (χ4v) is 3.13. The second-order valence-electron chi connectivity index (χ2n) is 6.34. The molecule has 1 amide bonds. The van der Waals surface area contributed by atoms with Crippen LogP contribution in [0.5, 0.6) is 0 Å². The zero-order chi connectivity index (χ0) is 17.1. The largest absolute Gasteiger partial charge is 0.396 e. The average molecular weight is 329 g/mol. The Labute approximate surface area is 141 Å². The molecule has 0 bridgehead atoms. The highest BCUT2D eigenvalue weighted by molar-refractivity contribution is 5.94. The minimum absolute atomic E-state index is 0.0302. The third kappa shape index (κ3) is 3.47. The summed E-state index contributed by atoms with van der Waals surface area (Å²) < 4.78 is 1.86. The summed E-state index contributed by atoms with van der Waals surface area (Å²) >= 11 is 0. The van der Waals surface area contributed by atoms with Crippen molar-refractivity contribution in [3.8, 4) is 0 Å². The second-order valence-corrected chi connectivity index (χ2v) is 6.34. The zero-order valence-corrected chi connectivity index (χ0v) is 14.0. The third-order valence-electron chi connectivity index (χ3n) is 4.72. The van der Waals surface area contributed by atoms with Crippen LogP contribution in [-0.2, 0) is 13.6 Å². The molecule has 24 heavy (non-hydrogen) atoms. The molecule has 3 rings (SSSR count). The monoisotopic (exact) mass is 329 g/mol. The van der Waals surface area contributed by atoms with Crippen LogP contribution in [0.1, 0.15) is 21.6 Å². The number of carbonyl (C=O) groups is 1. The van der Waals surface area contributed by atoms with Gasteiger partial charge in [0.05, 0.1) is 11.8 Å². The average Bonchev–Trinajstić information content (AvgIpc) is 3.13. The van der Waals surface area contributed by atoms with E-state index in [1.54, 1.807) is 24.5 Å². The molecule has 1 fully saturated rings. The lowest BCUT2D eigenvalue weighted by molar-refractivity contribution is 0.0920. The van der Waals surface area contributed by atoms with Gasteiger partial charge in [-0.25, -0.2) is 0 Å². The third-order valence-corrected chi connectivity index (χ3v) is 4.72. The van der Waals surface area contributed by atoms with Gasteiger partial charge in [-0.15, -0.1) is 0 Å². The van der Waals surface area contributed by atoms with Gasteiger partial charge >= 0.3 is 0 Å². The van der Waals surface area contributed by atoms with Crippen LogP contribution in [0.3, 0.4) is 0 Å². The van der Waals surface area contributed by atoms with E-state index in [-0.39, 0.29) is 24.5 Å². The number of aliphatic hydroxyl groups excluding tert-OH is 1. The first kappa shape index (κ1) is 16.6. The van der Waals surface area contributed by atoms with Crippen LogP contribution in [0, 0.1) is 12.8 Å². The van der Waals surface area contributed by atoms with Crippen molar-refractivity contribution >= 4 is 5.91 Å². The molecule has 128 valence electrons. The van der Waals surface area contributed by atoms with Crippen molar-refractivity contribution in [2.24, 2.45) is 13.0 Å². The number of carbonyl (C=O) groups excluding carboxylic acids is 1. The Hall–Kier alpha value is -2.25. The molecule has 1 aliphatic rings. The summed E-state index contributed by atoms with van der Waals surface area (Å²) in [7, 11) is 1.93. The lowest BCUT2D eigenvalue weighted by Gasteiger charge is -2.18. The van der Waals surface area contributed by atoms with E-state index in [4.69, 9.17) is 0 Å². The van der Waals surface area contributed by atoms with Gasteiger partial charge in [0.2, 0.25) is 0 Å². The van der Waals surface area contributed by atoms with E-state index in [1.165, 1.54) is 5.56 Å². The van der Waals surface area contributed by atoms with E-state index in [0.29, 0.717) is 12.1 Å². The van der Waals surface area contributed by atoms with Crippen LogP contribution >= 0.6 is 0 Å². The van der Waals surface area contributed by atoms with E-state index >= 15 is 0 Å². The van der Waals surface area contributed by atoms with Crippen molar-refractivity contribution in [3.63, 3.8) is 0 Å². The number of aliphatic hydroxyl groups is 1. The van der Waals surface area contributed by atoms with Crippen LogP contribution in [0.4, 0.5) is 0 Å². The smallest absolute Gasteiger partial charge is 0.253 e. The fraction of sp³-hybridized carbons (Fsp3) is 0.471. The number of hydrogen-bond donors (Lipinski definition) is 2. The van der Waals surface area contributed by atoms with Crippen molar-refractivity contribution in [2.45, 2.75) is 19.5 Å². The molecule has 2 N–H and O–H groups in total. The quantitative estimate of drug-likeness (QED) is 0.827. The molecule has 1 aliphatic heterocycles. The Balaban J connectivity index is 1.64. The molecule has 7 nitrogen and oxygen atoms in total.